The number of hydrogen-bond donors (Lipinski definition) is 1. The molecule has 0 aromatic carbocycles. The first-order chi connectivity index (χ1) is 5.35. The lowest BCUT2D eigenvalue weighted by molar-refractivity contribution is -0.177. The molecule has 0 aromatic heterocycles. The molecule has 1 N–H and O–H groups in total. The fraction of sp³-hybridized carbons (Fsp3) is 1.00. The fourth-order valence-electron chi connectivity index (χ4n) is 0.667. The highest BCUT2D eigenvalue weighted by Gasteiger charge is 2.06. The van der Waals surface area contributed by atoms with Crippen LogP contribution in [0.2, 0.25) is 0 Å². The van der Waals surface area contributed by atoms with Crippen molar-refractivity contribution in [3.05, 3.63) is 0 Å². The molecule has 68 valence electrons. The van der Waals surface area contributed by atoms with Crippen LogP contribution in [-0.2, 0) is 14.3 Å². The minimum Gasteiger partial charge on any atom is -0.350 e. The second-order valence-corrected chi connectivity index (χ2v) is 1.86. The molecule has 0 bridgehead atoms. The van der Waals surface area contributed by atoms with Crippen molar-refractivity contribution in [2.45, 2.75) is 20.1 Å². The van der Waals surface area contributed by atoms with Crippen molar-refractivity contribution in [1.29, 1.82) is 0 Å². The van der Waals surface area contributed by atoms with Crippen LogP contribution in [0.15, 0.2) is 0 Å². The van der Waals surface area contributed by atoms with E-state index in [0.717, 1.165) is 0 Å². The normalized spacial score (nSPS) is 10.9. The standard InChI is InChI=1S/C7H17NO3/c1-4-9-7(10-5-2)6-11-8-3/h7-8H,4-6H2,1-3H3. The summed E-state index contributed by atoms with van der Waals surface area (Å²) in [4.78, 5) is 4.90. The second kappa shape index (κ2) is 7.94. The van der Waals surface area contributed by atoms with Crippen LogP contribution in [0.4, 0.5) is 0 Å². The van der Waals surface area contributed by atoms with E-state index in [-0.39, 0.29) is 6.29 Å². The summed E-state index contributed by atoms with van der Waals surface area (Å²) in [6.45, 7) is 5.53. The number of rotatable bonds is 7. The van der Waals surface area contributed by atoms with Crippen LogP contribution in [0, 0.1) is 0 Å². The Morgan fingerprint density at radius 2 is 1.73 bits per heavy atom. The van der Waals surface area contributed by atoms with E-state index >= 15 is 0 Å². The Hall–Kier alpha value is -0.160. The van der Waals surface area contributed by atoms with Gasteiger partial charge in [-0.3, -0.25) is 4.84 Å². The molecule has 0 heterocycles. The van der Waals surface area contributed by atoms with Gasteiger partial charge in [0.1, 0.15) is 6.61 Å². The zero-order valence-corrected chi connectivity index (χ0v) is 7.42. The highest BCUT2D eigenvalue weighted by molar-refractivity contribution is 4.38. The third-order valence-electron chi connectivity index (χ3n) is 1.07. The zero-order chi connectivity index (χ0) is 8.53. The number of nitrogens with one attached hydrogen (secondary N) is 1. The number of hydrogen-bond acceptors (Lipinski definition) is 4. The summed E-state index contributed by atoms with van der Waals surface area (Å²) in [6, 6.07) is 0. The van der Waals surface area contributed by atoms with E-state index < -0.39 is 0 Å². The van der Waals surface area contributed by atoms with Crippen molar-refractivity contribution >= 4 is 0 Å². The lowest BCUT2D eigenvalue weighted by Crippen LogP contribution is -2.26. The molecule has 0 aromatic rings. The molecule has 0 aliphatic heterocycles. The maximum atomic E-state index is 5.20. The molecule has 0 saturated heterocycles. The van der Waals surface area contributed by atoms with Gasteiger partial charge < -0.3 is 9.47 Å². The molecule has 0 radical (unpaired) electrons. The van der Waals surface area contributed by atoms with Crippen molar-refractivity contribution in [3.8, 4) is 0 Å². The van der Waals surface area contributed by atoms with Crippen LogP contribution in [0.1, 0.15) is 13.8 Å². The van der Waals surface area contributed by atoms with Gasteiger partial charge in [0.25, 0.3) is 0 Å². The molecule has 0 aliphatic rings. The maximum Gasteiger partial charge on any atom is 0.182 e. The van der Waals surface area contributed by atoms with Crippen LogP contribution in [-0.4, -0.2) is 33.2 Å². The van der Waals surface area contributed by atoms with Crippen LogP contribution in [0.5, 0.6) is 0 Å². The maximum absolute atomic E-state index is 5.20. The molecular formula is C7H17NO3. The van der Waals surface area contributed by atoms with Crippen LogP contribution in [0.3, 0.4) is 0 Å². The Morgan fingerprint density at radius 1 is 1.18 bits per heavy atom. The molecule has 0 rings (SSSR count). The number of hydroxylamine groups is 1. The van der Waals surface area contributed by atoms with Gasteiger partial charge in [0.05, 0.1) is 0 Å². The molecule has 0 amide bonds. The molecule has 0 fully saturated rings. The van der Waals surface area contributed by atoms with Gasteiger partial charge in [0.2, 0.25) is 0 Å². The quantitative estimate of drug-likeness (QED) is 0.439. The van der Waals surface area contributed by atoms with E-state index in [1.54, 1.807) is 7.05 Å². The Kier molecular flexibility index (Phi) is 7.83. The molecule has 0 spiro atoms. The Morgan fingerprint density at radius 3 is 2.09 bits per heavy atom. The highest BCUT2D eigenvalue weighted by Crippen LogP contribution is 1.94. The fourth-order valence-corrected chi connectivity index (χ4v) is 0.667. The summed E-state index contributed by atoms with van der Waals surface area (Å²) < 4.78 is 10.4. The second-order valence-electron chi connectivity index (χ2n) is 1.86. The topological polar surface area (TPSA) is 39.7 Å². The van der Waals surface area contributed by atoms with Gasteiger partial charge in [-0.15, -0.1) is 0 Å². The Bertz CT molecular complexity index is 74.1. The van der Waals surface area contributed by atoms with E-state index in [1.165, 1.54) is 0 Å². The smallest absolute Gasteiger partial charge is 0.182 e. The van der Waals surface area contributed by atoms with Crippen LogP contribution < -0.4 is 5.48 Å². The summed E-state index contributed by atoms with van der Waals surface area (Å²) >= 11 is 0. The largest absolute Gasteiger partial charge is 0.350 e. The van der Waals surface area contributed by atoms with Gasteiger partial charge in [-0.2, -0.15) is 0 Å². The van der Waals surface area contributed by atoms with Crippen molar-refractivity contribution in [2.75, 3.05) is 26.9 Å². The lowest BCUT2D eigenvalue weighted by atomic mass is 10.6. The minimum atomic E-state index is -0.252. The van der Waals surface area contributed by atoms with E-state index in [4.69, 9.17) is 14.3 Å². The van der Waals surface area contributed by atoms with E-state index in [1.807, 2.05) is 13.8 Å². The van der Waals surface area contributed by atoms with Crippen molar-refractivity contribution < 1.29 is 14.3 Å². The Labute approximate surface area is 67.8 Å². The first-order valence-electron chi connectivity index (χ1n) is 3.86. The first kappa shape index (κ1) is 10.8. The van der Waals surface area contributed by atoms with E-state index in [2.05, 4.69) is 5.48 Å². The van der Waals surface area contributed by atoms with Crippen molar-refractivity contribution in [3.63, 3.8) is 0 Å². The van der Waals surface area contributed by atoms with Gasteiger partial charge >= 0.3 is 0 Å². The predicted octanol–water partition coefficient (Wildman–Crippen LogP) is 0.536. The van der Waals surface area contributed by atoms with Crippen molar-refractivity contribution in [2.24, 2.45) is 0 Å². The molecule has 0 saturated carbocycles. The van der Waals surface area contributed by atoms with Crippen molar-refractivity contribution in [1.82, 2.24) is 5.48 Å². The average Bonchev–Trinajstić information content (AvgIpc) is 2.01. The number of ether oxygens (including phenoxy) is 2. The molecule has 0 unspecified atom stereocenters. The minimum absolute atomic E-state index is 0.252. The predicted molar refractivity (Wildman–Crippen MR) is 42.1 cm³/mol. The SMILES string of the molecule is CCOC(CONC)OCC. The third-order valence-corrected chi connectivity index (χ3v) is 1.07. The van der Waals surface area contributed by atoms with Gasteiger partial charge in [-0.25, -0.2) is 5.48 Å². The van der Waals surface area contributed by atoms with E-state index in [9.17, 15) is 0 Å². The van der Waals surface area contributed by atoms with E-state index in [0.29, 0.717) is 19.8 Å². The zero-order valence-electron chi connectivity index (χ0n) is 7.42. The molecule has 4 nitrogen and oxygen atoms in total. The van der Waals surface area contributed by atoms with Gasteiger partial charge in [0, 0.05) is 20.3 Å². The van der Waals surface area contributed by atoms with Crippen LogP contribution >= 0.6 is 0 Å². The summed E-state index contributed by atoms with van der Waals surface area (Å²) in [7, 11) is 1.70. The van der Waals surface area contributed by atoms with Crippen LogP contribution in [0.25, 0.3) is 0 Å². The summed E-state index contributed by atoms with van der Waals surface area (Å²) in [6.07, 6.45) is -0.252. The molecule has 4 heteroatoms. The molecule has 0 aliphatic carbocycles. The van der Waals surface area contributed by atoms with Gasteiger partial charge in [0.15, 0.2) is 6.29 Å². The first-order valence-corrected chi connectivity index (χ1v) is 3.86. The highest BCUT2D eigenvalue weighted by atomic mass is 16.7. The Balaban J connectivity index is 3.34. The van der Waals surface area contributed by atoms with Gasteiger partial charge in [-0.1, -0.05) is 0 Å². The summed E-state index contributed by atoms with van der Waals surface area (Å²) in [5.74, 6) is 0. The molecular weight excluding hydrogens is 146 g/mol. The third kappa shape index (κ3) is 6.25. The summed E-state index contributed by atoms with van der Waals surface area (Å²) in [5.41, 5.74) is 2.55. The summed E-state index contributed by atoms with van der Waals surface area (Å²) in [5, 5.41) is 0. The average molecular weight is 163 g/mol. The lowest BCUT2D eigenvalue weighted by Gasteiger charge is -2.15. The molecule has 0 atom stereocenters. The molecule has 11 heavy (non-hydrogen) atoms. The van der Waals surface area contributed by atoms with Gasteiger partial charge in [-0.05, 0) is 13.8 Å². The monoisotopic (exact) mass is 163 g/mol.